The maximum absolute atomic E-state index is 13.3. The minimum Gasteiger partial charge on any atom is -0.352 e. The lowest BCUT2D eigenvalue weighted by atomic mass is 9.95. The smallest absolute Gasteiger partial charge is 0.243 e. The van der Waals surface area contributed by atoms with Crippen LogP contribution in [0.15, 0.2) is 54.6 Å². The number of carbonyl (C=O) groups is 2. The zero-order valence-corrected chi connectivity index (χ0v) is 20.2. The summed E-state index contributed by atoms with van der Waals surface area (Å²) in [6.45, 7) is 4.51. The van der Waals surface area contributed by atoms with E-state index >= 15 is 0 Å². The van der Waals surface area contributed by atoms with Crippen LogP contribution in [0.2, 0.25) is 0 Å². The van der Waals surface area contributed by atoms with Crippen LogP contribution >= 0.6 is 11.8 Å². The third-order valence-electron chi connectivity index (χ3n) is 6.11. The quantitative estimate of drug-likeness (QED) is 0.519. The number of aryl methyl sites for hydroxylation is 1. The molecule has 1 aliphatic rings. The van der Waals surface area contributed by atoms with Crippen LogP contribution in [0.25, 0.3) is 0 Å². The predicted octanol–water partition coefficient (Wildman–Crippen LogP) is 5.48. The highest BCUT2D eigenvalue weighted by atomic mass is 32.2. The Morgan fingerprint density at radius 3 is 2.44 bits per heavy atom. The van der Waals surface area contributed by atoms with Gasteiger partial charge >= 0.3 is 0 Å². The summed E-state index contributed by atoms with van der Waals surface area (Å²) in [6.07, 6.45) is 6.29. The highest BCUT2D eigenvalue weighted by Crippen LogP contribution is 2.20. The molecule has 0 saturated heterocycles. The van der Waals surface area contributed by atoms with Gasteiger partial charge in [0.1, 0.15) is 6.04 Å². The molecule has 2 aromatic rings. The molecule has 172 valence electrons. The predicted molar refractivity (Wildman–Crippen MR) is 133 cm³/mol. The van der Waals surface area contributed by atoms with Crippen molar-refractivity contribution in [1.29, 1.82) is 0 Å². The van der Waals surface area contributed by atoms with Gasteiger partial charge in [0.2, 0.25) is 11.8 Å². The van der Waals surface area contributed by atoms with Crippen molar-refractivity contribution in [3.63, 3.8) is 0 Å². The molecule has 0 aliphatic heterocycles. The van der Waals surface area contributed by atoms with Gasteiger partial charge < -0.3 is 10.2 Å². The van der Waals surface area contributed by atoms with E-state index in [2.05, 4.69) is 36.5 Å². The minimum absolute atomic E-state index is 0.00605. The van der Waals surface area contributed by atoms with Crippen LogP contribution in [-0.2, 0) is 21.9 Å². The fourth-order valence-electron chi connectivity index (χ4n) is 4.38. The van der Waals surface area contributed by atoms with E-state index in [1.807, 2.05) is 37.3 Å². The molecule has 1 atom stereocenters. The van der Waals surface area contributed by atoms with E-state index in [-0.39, 0.29) is 17.9 Å². The molecule has 0 heterocycles. The van der Waals surface area contributed by atoms with E-state index in [9.17, 15) is 9.59 Å². The summed E-state index contributed by atoms with van der Waals surface area (Å²) < 4.78 is 0. The second-order valence-corrected chi connectivity index (χ2v) is 9.74. The number of benzene rings is 2. The molecule has 32 heavy (non-hydrogen) atoms. The molecular formula is C27H36N2O2S. The summed E-state index contributed by atoms with van der Waals surface area (Å²) in [5.41, 5.74) is 3.43. The second kappa shape index (κ2) is 12.7. The van der Waals surface area contributed by atoms with Crippen molar-refractivity contribution >= 4 is 23.6 Å². The van der Waals surface area contributed by atoms with Crippen LogP contribution < -0.4 is 5.32 Å². The summed E-state index contributed by atoms with van der Waals surface area (Å²) in [4.78, 5) is 28.4. The van der Waals surface area contributed by atoms with Crippen LogP contribution in [0, 0.1) is 6.92 Å². The number of nitrogens with one attached hydrogen (secondary N) is 1. The van der Waals surface area contributed by atoms with E-state index in [0.29, 0.717) is 18.7 Å². The van der Waals surface area contributed by atoms with Gasteiger partial charge in [-0.25, -0.2) is 0 Å². The first-order chi connectivity index (χ1) is 15.6. The van der Waals surface area contributed by atoms with Crippen molar-refractivity contribution < 1.29 is 9.59 Å². The zero-order valence-electron chi connectivity index (χ0n) is 19.4. The highest BCUT2D eigenvalue weighted by Gasteiger charge is 2.30. The molecule has 0 aromatic heterocycles. The van der Waals surface area contributed by atoms with Gasteiger partial charge in [-0.15, -0.1) is 11.8 Å². The molecule has 1 unspecified atom stereocenters. The fourth-order valence-corrected chi connectivity index (χ4v) is 5.25. The lowest BCUT2D eigenvalue weighted by molar-refractivity contribution is -0.139. The molecule has 1 N–H and O–H groups in total. The fraction of sp³-hybridized carbons (Fsp3) is 0.481. The van der Waals surface area contributed by atoms with Gasteiger partial charge in [0.05, 0.1) is 5.75 Å². The lowest BCUT2D eigenvalue weighted by Gasteiger charge is -2.33. The molecule has 1 saturated carbocycles. The number of rotatable bonds is 10. The number of amides is 2. The maximum atomic E-state index is 13.3. The van der Waals surface area contributed by atoms with Gasteiger partial charge in [0.15, 0.2) is 0 Å². The van der Waals surface area contributed by atoms with Crippen molar-refractivity contribution in [3.8, 4) is 0 Å². The molecule has 4 nitrogen and oxygen atoms in total. The molecule has 0 bridgehead atoms. The van der Waals surface area contributed by atoms with E-state index in [0.717, 1.165) is 29.7 Å². The van der Waals surface area contributed by atoms with E-state index in [1.54, 1.807) is 16.7 Å². The molecule has 2 aromatic carbocycles. The summed E-state index contributed by atoms with van der Waals surface area (Å²) in [5.74, 6) is 1.18. The van der Waals surface area contributed by atoms with Crippen LogP contribution in [-0.4, -0.2) is 34.6 Å². The molecule has 5 heteroatoms. The molecule has 1 aliphatic carbocycles. The Labute approximate surface area is 197 Å². The molecule has 0 radical (unpaired) electrons. The van der Waals surface area contributed by atoms with Crippen LogP contribution in [0.5, 0.6) is 0 Å². The number of carbonyl (C=O) groups excluding carboxylic acids is 2. The maximum Gasteiger partial charge on any atom is 0.243 e. The average Bonchev–Trinajstić information content (AvgIpc) is 2.80. The Bertz CT molecular complexity index is 865. The molecule has 1 fully saturated rings. The second-order valence-electron chi connectivity index (χ2n) is 8.76. The summed E-state index contributed by atoms with van der Waals surface area (Å²) >= 11 is 1.61. The first kappa shape index (κ1) is 24.4. The highest BCUT2D eigenvalue weighted by molar-refractivity contribution is 7.99. The van der Waals surface area contributed by atoms with Crippen molar-refractivity contribution in [3.05, 3.63) is 71.3 Å². The largest absolute Gasteiger partial charge is 0.352 e. The summed E-state index contributed by atoms with van der Waals surface area (Å²) in [7, 11) is 0. The van der Waals surface area contributed by atoms with Gasteiger partial charge in [-0.3, -0.25) is 9.59 Å². The van der Waals surface area contributed by atoms with E-state index in [4.69, 9.17) is 0 Å². The Kier molecular flexibility index (Phi) is 9.66. The average molecular weight is 453 g/mol. The van der Waals surface area contributed by atoms with Crippen LogP contribution in [0.3, 0.4) is 0 Å². The van der Waals surface area contributed by atoms with Crippen molar-refractivity contribution in [2.75, 3.05) is 5.75 Å². The monoisotopic (exact) mass is 452 g/mol. The van der Waals surface area contributed by atoms with E-state index < -0.39 is 6.04 Å². The number of thioether (sulfide) groups is 1. The number of nitrogens with zero attached hydrogens (tertiary/aromatic N) is 1. The number of hydrogen-bond donors (Lipinski definition) is 1. The van der Waals surface area contributed by atoms with Gasteiger partial charge in [0, 0.05) is 18.3 Å². The Morgan fingerprint density at radius 2 is 1.75 bits per heavy atom. The molecule has 3 rings (SSSR count). The van der Waals surface area contributed by atoms with Gasteiger partial charge in [-0.1, -0.05) is 86.3 Å². The molecule has 2 amide bonds. The Hall–Kier alpha value is -2.27. The van der Waals surface area contributed by atoms with Crippen molar-refractivity contribution in [2.24, 2.45) is 0 Å². The third kappa shape index (κ3) is 7.40. The van der Waals surface area contributed by atoms with Gasteiger partial charge in [-0.2, -0.15) is 0 Å². The van der Waals surface area contributed by atoms with Gasteiger partial charge in [-0.05, 0) is 37.3 Å². The Morgan fingerprint density at radius 1 is 1.03 bits per heavy atom. The Balaban J connectivity index is 1.70. The topological polar surface area (TPSA) is 49.4 Å². The van der Waals surface area contributed by atoms with Crippen molar-refractivity contribution in [2.45, 2.75) is 76.8 Å². The van der Waals surface area contributed by atoms with Crippen molar-refractivity contribution in [1.82, 2.24) is 10.2 Å². The summed E-state index contributed by atoms with van der Waals surface area (Å²) in [6, 6.07) is 18.2. The van der Waals surface area contributed by atoms with Crippen LogP contribution in [0.1, 0.15) is 62.1 Å². The standard InChI is InChI=1S/C27H36N2O2S/c1-3-25(27(31)28-24-15-8-5-9-16-24)29(18-23-14-10-11-21(2)17-23)26(30)20-32-19-22-12-6-4-7-13-22/h4,6-7,10-14,17,24-25H,3,5,8-9,15-16,18-20H2,1-2H3,(H,28,31). The normalized spacial score (nSPS) is 15.2. The molecule has 0 spiro atoms. The summed E-state index contributed by atoms with van der Waals surface area (Å²) in [5, 5.41) is 3.24. The molecular weight excluding hydrogens is 416 g/mol. The first-order valence-corrected chi connectivity index (χ1v) is 13.0. The SMILES string of the molecule is CCC(C(=O)NC1CCCCC1)N(Cc1cccc(C)c1)C(=O)CSCc1ccccc1. The lowest BCUT2D eigenvalue weighted by Crippen LogP contribution is -2.52. The number of hydrogen-bond acceptors (Lipinski definition) is 3. The zero-order chi connectivity index (χ0) is 22.8. The van der Waals surface area contributed by atoms with E-state index in [1.165, 1.54) is 24.8 Å². The minimum atomic E-state index is -0.442. The third-order valence-corrected chi connectivity index (χ3v) is 7.10. The van der Waals surface area contributed by atoms with Gasteiger partial charge in [0.25, 0.3) is 0 Å². The first-order valence-electron chi connectivity index (χ1n) is 11.8. The van der Waals surface area contributed by atoms with Crippen LogP contribution in [0.4, 0.5) is 0 Å².